The van der Waals surface area contributed by atoms with E-state index in [4.69, 9.17) is 5.11 Å². The van der Waals surface area contributed by atoms with Crippen molar-refractivity contribution in [2.45, 2.75) is 19.4 Å². The number of aromatic nitrogens is 3. The van der Waals surface area contributed by atoms with Crippen molar-refractivity contribution >= 4 is 11.9 Å². The maximum absolute atomic E-state index is 12.9. The van der Waals surface area contributed by atoms with E-state index in [2.05, 4.69) is 15.4 Å². The first-order valence-corrected chi connectivity index (χ1v) is 6.64. The highest BCUT2D eigenvalue weighted by molar-refractivity contribution is 5.91. The molecule has 1 atom stereocenters. The number of rotatable bonds is 5. The van der Waals surface area contributed by atoms with Gasteiger partial charge >= 0.3 is 5.97 Å². The molecular weight excluding hydrogens is 307 g/mol. The van der Waals surface area contributed by atoms with Gasteiger partial charge in [0.05, 0.1) is 12.2 Å². The van der Waals surface area contributed by atoms with E-state index in [1.54, 1.807) is 6.92 Å². The van der Waals surface area contributed by atoms with Gasteiger partial charge in [0, 0.05) is 0 Å². The molecule has 23 heavy (non-hydrogen) atoms. The summed E-state index contributed by atoms with van der Waals surface area (Å²) < 4.78 is 14.3. The highest BCUT2D eigenvalue weighted by Crippen LogP contribution is 2.11. The summed E-state index contributed by atoms with van der Waals surface area (Å²) >= 11 is 0. The highest BCUT2D eigenvalue weighted by atomic mass is 19.1. The predicted molar refractivity (Wildman–Crippen MR) is 76.6 cm³/mol. The Kier molecular flexibility index (Phi) is 4.41. The van der Waals surface area contributed by atoms with Crippen molar-refractivity contribution in [1.29, 1.82) is 0 Å². The number of benzene rings is 1. The summed E-state index contributed by atoms with van der Waals surface area (Å²) in [5.41, 5.74) is -1.57. The number of hydrogen-bond acceptors (Lipinski definition) is 5. The molecule has 2 rings (SSSR count). The molecule has 0 bridgehead atoms. The monoisotopic (exact) mass is 322 g/mol. The van der Waals surface area contributed by atoms with Crippen LogP contribution in [0.25, 0.3) is 5.69 Å². The van der Waals surface area contributed by atoms with E-state index in [0.29, 0.717) is 11.5 Å². The van der Waals surface area contributed by atoms with Gasteiger partial charge in [-0.05, 0) is 38.1 Å². The zero-order valence-electron chi connectivity index (χ0n) is 12.4. The molecule has 2 aromatic rings. The zero-order valence-corrected chi connectivity index (χ0v) is 12.4. The number of carboxylic acid groups (broad SMARTS) is 1. The van der Waals surface area contributed by atoms with Crippen LogP contribution < -0.4 is 5.32 Å². The van der Waals surface area contributed by atoms with E-state index >= 15 is 0 Å². The lowest BCUT2D eigenvalue weighted by Crippen LogP contribution is -2.46. The quantitative estimate of drug-likeness (QED) is 0.728. The molecule has 0 saturated heterocycles. The Hall–Kier alpha value is -2.81. The van der Waals surface area contributed by atoms with Crippen molar-refractivity contribution in [3.63, 3.8) is 0 Å². The molecule has 1 aromatic carbocycles. The molecular formula is C14H15FN4O4. The number of carbonyl (C=O) groups excluding carboxylic acids is 1. The zero-order chi connectivity index (χ0) is 17.2. The number of amides is 1. The number of aliphatic hydroxyl groups is 1. The van der Waals surface area contributed by atoms with Crippen LogP contribution in [0.1, 0.15) is 23.4 Å². The average molecular weight is 322 g/mol. The second kappa shape index (κ2) is 6.13. The molecule has 0 radical (unpaired) electrons. The summed E-state index contributed by atoms with van der Waals surface area (Å²) in [6.07, 6.45) is 0. The Labute approximate surface area is 130 Å². The van der Waals surface area contributed by atoms with Gasteiger partial charge < -0.3 is 15.5 Å². The van der Waals surface area contributed by atoms with Gasteiger partial charge in [-0.2, -0.15) is 0 Å². The largest absolute Gasteiger partial charge is 0.479 e. The van der Waals surface area contributed by atoms with Crippen molar-refractivity contribution < 1.29 is 24.2 Å². The van der Waals surface area contributed by atoms with Gasteiger partial charge in [0.25, 0.3) is 5.91 Å². The minimum Gasteiger partial charge on any atom is -0.479 e. The fraction of sp³-hybridized carbons (Fsp3) is 0.286. The fourth-order valence-electron chi connectivity index (χ4n) is 1.72. The van der Waals surface area contributed by atoms with Crippen LogP contribution in [0.5, 0.6) is 0 Å². The summed E-state index contributed by atoms with van der Waals surface area (Å²) in [7, 11) is 0. The van der Waals surface area contributed by atoms with E-state index in [-0.39, 0.29) is 5.82 Å². The molecule has 9 heteroatoms. The molecule has 122 valence electrons. The normalized spacial score (nSPS) is 13.4. The Morgan fingerprint density at radius 1 is 1.35 bits per heavy atom. The lowest BCUT2D eigenvalue weighted by atomic mass is 10.1. The van der Waals surface area contributed by atoms with Gasteiger partial charge in [0.15, 0.2) is 5.60 Å². The summed E-state index contributed by atoms with van der Waals surface area (Å²) in [6, 6.07) is 5.46. The van der Waals surface area contributed by atoms with Crippen molar-refractivity contribution in [2.24, 2.45) is 0 Å². The molecule has 0 saturated carbocycles. The lowest BCUT2D eigenvalue weighted by molar-refractivity contribution is -0.155. The molecule has 3 N–H and O–H groups in total. The molecule has 0 aliphatic rings. The Morgan fingerprint density at radius 2 is 1.96 bits per heavy atom. The number of carbonyl (C=O) groups is 2. The highest BCUT2D eigenvalue weighted by Gasteiger charge is 2.31. The van der Waals surface area contributed by atoms with E-state index in [0.717, 1.165) is 6.92 Å². The van der Waals surface area contributed by atoms with Crippen molar-refractivity contribution in [3.05, 3.63) is 41.7 Å². The molecule has 1 unspecified atom stereocenters. The molecule has 0 aliphatic heterocycles. The summed E-state index contributed by atoms with van der Waals surface area (Å²) in [4.78, 5) is 26.7. The number of aliphatic carboxylic acids is 1. The van der Waals surface area contributed by atoms with Crippen LogP contribution in [0.15, 0.2) is 24.3 Å². The Bertz CT molecular complexity index is 740. The third kappa shape index (κ3) is 3.69. The van der Waals surface area contributed by atoms with Crippen LogP contribution in [0.3, 0.4) is 0 Å². The smallest absolute Gasteiger partial charge is 0.337 e. The third-order valence-electron chi connectivity index (χ3n) is 3.10. The van der Waals surface area contributed by atoms with Gasteiger partial charge in [-0.1, -0.05) is 0 Å². The van der Waals surface area contributed by atoms with Crippen molar-refractivity contribution in [3.8, 4) is 5.69 Å². The molecule has 1 heterocycles. The third-order valence-corrected chi connectivity index (χ3v) is 3.10. The molecule has 0 fully saturated rings. The van der Waals surface area contributed by atoms with Crippen LogP contribution in [-0.4, -0.2) is 49.0 Å². The van der Waals surface area contributed by atoms with E-state index in [1.165, 1.54) is 28.9 Å². The number of carboxylic acids is 1. The van der Waals surface area contributed by atoms with Gasteiger partial charge in [-0.25, -0.2) is 18.9 Å². The standard InChI is InChI=1S/C14H15FN4O4/c1-8-17-11(12(20)16-7-14(2,23)13(21)22)18-19(8)10-5-3-9(15)4-6-10/h3-6,23H,7H2,1-2H3,(H,16,20)(H,21,22). The second-order valence-corrected chi connectivity index (χ2v) is 5.13. The van der Waals surface area contributed by atoms with E-state index in [9.17, 15) is 19.1 Å². The summed E-state index contributed by atoms with van der Waals surface area (Å²) in [5, 5.41) is 24.6. The maximum Gasteiger partial charge on any atom is 0.337 e. The van der Waals surface area contributed by atoms with Crippen LogP contribution in [0.2, 0.25) is 0 Å². The molecule has 8 nitrogen and oxygen atoms in total. The van der Waals surface area contributed by atoms with Gasteiger partial charge in [-0.3, -0.25) is 4.79 Å². The van der Waals surface area contributed by atoms with Crippen LogP contribution in [0.4, 0.5) is 4.39 Å². The van der Waals surface area contributed by atoms with Crippen LogP contribution in [-0.2, 0) is 4.79 Å². The SMILES string of the molecule is Cc1nc(C(=O)NCC(C)(O)C(=O)O)nn1-c1ccc(F)cc1. The molecule has 1 amide bonds. The lowest BCUT2D eigenvalue weighted by Gasteiger charge is -2.17. The average Bonchev–Trinajstić information content (AvgIpc) is 2.87. The predicted octanol–water partition coefficient (Wildman–Crippen LogP) is 0.280. The Balaban J connectivity index is 2.16. The molecule has 1 aromatic heterocycles. The van der Waals surface area contributed by atoms with E-state index in [1.807, 2.05) is 0 Å². The molecule has 0 aliphatic carbocycles. The molecule has 0 spiro atoms. The van der Waals surface area contributed by atoms with Gasteiger partial charge in [-0.15, -0.1) is 5.10 Å². The first-order chi connectivity index (χ1) is 10.7. The van der Waals surface area contributed by atoms with Crippen molar-refractivity contribution in [1.82, 2.24) is 20.1 Å². The van der Waals surface area contributed by atoms with Crippen LogP contribution >= 0.6 is 0 Å². The first-order valence-electron chi connectivity index (χ1n) is 6.64. The second-order valence-electron chi connectivity index (χ2n) is 5.13. The first kappa shape index (κ1) is 16.6. The minimum atomic E-state index is -2.09. The Morgan fingerprint density at radius 3 is 2.52 bits per heavy atom. The number of halogens is 1. The minimum absolute atomic E-state index is 0.187. The number of aryl methyl sites for hydroxylation is 1. The number of nitrogens with one attached hydrogen (secondary N) is 1. The van der Waals surface area contributed by atoms with Gasteiger partial charge in [0.1, 0.15) is 11.6 Å². The van der Waals surface area contributed by atoms with Crippen LogP contribution in [0, 0.1) is 12.7 Å². The number of nitrogens with zero attached hydrogens (tertiary/aromatic N) is 3. The summed E-state index contributed by atoms with van der Waals surface area (Å²) in [6.45, 7) is 2.18. The van der Waals surface area contributed by atoms with Gasteiger partial charge in [0.2, 0.25) is 5.82 Å². The van der Waals surface area contributed by atoms with Crippen molar-refractivity contribution in [2.75, 3.05) is 6.54 Å². The maximum atomic E-state index is 12.9. The topological polar surface area (TPSA) is 117 Å². The van der Waals surface area contributed by atoms with E-state index < -0.39 is 29.8 Å². The fourth-order valence-corrected chi connectivity index (χ4v) is 1.72. The number of hydrogen-bond donors (Lipinski definition) is 3. The summed E-state index contributed by atoms with van der Waals surface area (Å²) in [5.74, 6) is -2.38.